The Morgan fingerprint density at radius 1 is 0.452 bits per heavy atom. The number of aliphatic hydroxyl groups excluding tert-OH is 3. The topological polar surface area (TPSA) is 451 Å². The fourth-order valence-electron chi connectivity index (χ4n) is 11.9. The van der Waals surface area contributed by atoms with Gasteiger partial charge < -0.3 is 67.5 Å². The van der Waals surface area contributed by atoms with Gasteiger partial charge >= 0.3 is 41.5 Å². The van der Waals surface area contributed by atoms with Gasteiger partial charge in [-0.15, -0.1) is 0 Å². The van der Waals surface area contributed by atoms with Crippen LogP contribution in [0.5, 0.6) is 0 Å². The molecule has 0 aliphatic carbocycles. The van der Waals surface area contributed by atoms with E-state index in [-0.39, 0.29) is 84.7 Å². The minimum absolute atomic E-state index is 0. The zero-order valence-electron chi connectivity index (χ0n) is 69.1. The van der Waals surface area contributed by atoms with Crippen molar-refractivity contribution < 1.29 is 79.6 Å². The largest absolute Gasteiger partial charge is 1.00 e. The number of ether oxygens (including phenoxy) is 2. The molecule has 0 spiro atoms. The molecule has 1 aliphatic heterocycles. The number of hydrogen-bond donors (Lipinski definition) is 10. The van der Waals surface area contributed by atoms with E-state index in [9.17, 15) is 30.0 Å². The predicted molar refractivity (Wildman–Crippen MR) is 449 cm³/mol. The van der Waals surface area contributed by atoms with Crippen LogP contribution in [0.3, 0.4) is 0 Å². The first-order valence-electron chi connectivity index (χ1n) is 40.4. The molecular formula is C83H136ClN20NaO10. The number of aliphatic hydroxyl groups is 5. The molecule has 7 aromatic rings. The molecule has 12 N–H and O–H groups in total. The summed E-state index contributed by atoms with van der Waals surface area (Å²) >= 11 is 5.32. The van der Waals surface area contributed by atoms with Crippen molar-refractivity contribution in [2.24, 2.45) is 10.7 Å². The molecule has 30 nitrogen and oxygen atoms in total. The number of rotatable bonds is 47. The van der Waals surface area contributed by atoms with Gasteiger partial charge in [-0.1, -0.05) is 110 Å². The van der Waals surface area contributed by atoms with Gasteiger partial charge in [-0.3, -0.25) is 14.6 Å². The van der Waals surface area contributed by atoms with Gasteiger partial charge in [-0.25, -0.2) is 69.8 Å². The number of nitrogens with two attached hydrogens (primary N) is 1. The second-order valence-corrected chi connectivity index (χ2v) is 27.6. The van der Waals surface area contributed by atoms with Gasteiger partial charge in [0.1, 0.15) is 23.3 Å². The van der Waals surface area contributed by atoms with Crippen LogP contribution in [0.25, 0.3) is 0 Å². The van der Waals surface area contributed by atoms with E-state index >= 15 is 0 Å². The number of aromatic nitrogens is 14. The maximum absolute atomic E-state index is 11.9. The third-order valence-corrected chi connectivity index (χ3v) is 18.1. The summed E-state index contributed by atoms with van der Waals surface area (Å²) in [7, 11) is 0. The quantitative estimate of drug-likeness (QED) is 0.00557. The number of hydrogen-bond acceptors (Lipinski definition) is 30. The monoisotopic (exact) mass is 1630 g/mol. The summed E-state index contributed by atoms with van der Waals surface area (Å²) in [5.41, 5.74) is 9.52. The van der Waals surface area contributed by atoms with Crippen molar-refractivity contribution in [3.63, 3.8) is 0 Å². The van der Waals surface area contributed by atoms with Gasteiger partial charge in [-0.05, 0) is 189 Å². The van der Waals surface area contributed by atoms with E-state index in [1.54, 1.807) is 68.6 Å². The molecular weight excluding hydrogens is 1500 g/mol. The average Bonchev–Trinajstić information content (AvgIpc) is 0.885. The van der Waals surface area contributed by atoms with Crippen molar-refractivity contribution in [2.45, 2.75) is 278 Å². The van der Waals surface area contributed by atoms with Crippen LogP contribution in [0, 0.1) is 27.7 Å². The Labute approximate surface area is 711 Å². The van der Waals surface area contributed by atoms with E-state index in [1.807, 2.05) is 84.8 Å². The minimum atomic E-state index is -1.30. The molecule has 0 radical (unpaired) electrons. The van der Waals surface area contributed by atoms with Crippen molar-refractivity contribution in [1.82, 2.24) is 80.4 Å². The Balaban J connectivity index is 0.00000144. The van der Waals surface area contributed by atoms with Gasteiger partial charge in [0.15, 0.2) is 18.5 Å². The fraction of sp³-hybridized carbons (Fsp3) is 0.627. The number of esters is 2. The standard InChI is InChI=1S/C21H31N5O2.C19H33N5O2.C19H29N5O2.C17H29N3O2.C4H3ClN2.C2H6O.CH4.Na.H2O/c1-3-28-20(27)14-18(19-15-25-17(2)26-16-19)10-7-5-4-6-8-11-22-21-23-12-9-13-24-21;2*1-15-23-13-17(14-24-15)16(12-18(25)26)8-5-3-2-4-6-9-20-19-21-10-7-11-22-19;1-3-22-17(21)11-15(9-7-5-4-6-8-10-18)16-12-19-14(2)20-13-16;5-4-6-2-1-3-7-4;1-2-3;;;/h9,12-13,15-16,18H,3-8,10-11,14H2,1-2H3,(H,22,23,24);13-14,16,18,25-26H,2-12H2,1H3,(H2,20,21,22);7,10-11,13-14,16,18,25-26H,2-6,8-9,12H2,1H3,(H,20,21,22);12-13,15H,3-11,18H2,1-2H3;1-3H;3H,2H2,1H3;1H4;;1H2/q;;;;;;;+1;/p-1. The first kappa shape index (κ1) is 107. The third kappa shape index (κ3) is 56.4. The van der Waals surface area contributed by atoms with Crippen LogP contribution >= 0.6 is 11.6 Å². The average molecular weight is 1630 g/mol. The number of anilines is 2. The molecule has 0 fully saturated rings. The Morgan fingerprint density at radius 3 is 1.03 bits per heavy atom. The summed E-state index contributed by atoms with van der Waals surface area (Å²) in [6, 6.07) is 5.33. The molecule has 8 rings (SSSR count). The van der Waals surface area contributed by atoms with Gasteiger partial charge in [0.05, 0.1) is 26.1 Å². The smallest absolute Gasteiger partial charge is 0.870 e. The van der Waals surface area contributed by atoms with Crippen molar-refractivity contribution in [3.8, 4) is 0 Å². The van der Waals surface area contributed by atoms with E-state index in [0.29, 0.717) is 56.1 Å². The van der Waals surface area contributed by atoms with E-state index in [1.165, 1.54) is 38.5 Å². The predicted octanol–water partition coefficient (Wildman–Crippen LogP) is 10.4. The number of aliphatic imine (C=N–C) groups is 1. The maximum atomic E-state index is 11.9. The van der Waals surface area contributed by atoms with Crippen molar-refractivity contribution >= 4 is 41.4 Å². The van der Waals surface area contributed by atoms with Crippen molar-refractivity contribution in [3.05, 3.63) is 156 Å². The second-order valence-electron chi connectivity index (χ2n) is 27.3. The second kappa shape index (κ2) is 71.7. The first-order chi connectivity index (χ1) is 54.5. The van der Waals surface area contributed by atoms with E-state index < -0.39 is 12.6 Å². The number of carbonyl (C=O) groups excluding carboxylic acids is 2. The number of carbonyl (C=O) groups is 2. The fourth-order valence-corrected chi connectivity index (χ4v) is 12.1. The van der Waals surface area contributed by atoms with Crippen LogP contribution in [-0.4, -0.2) is 190 Å². The molecule has 0 amide bonds. The molecule has 0 aromatic carbocycles. The zero-order chi connectivity index (χ0) is 81.3. The number of nitrogens with zero attached hydrogens (tertiary/aromatic N) is 15. The molecule has 0 saturated carbocycles. The van der Waals surface area contributed by atoms with Gasteiger partial charge in [-0.2, -0.15) is 0 Å². The summed E-state index contributed by atoms with van der Waals surface area (Å²) in [6.45, 7) is 19.3. The Kier molecular flexibility index (Phi) is 66.9. The third-order valence-electron chi connectivity index (χ3n) is 17.9. The molecule has 0 bridgehead atoms. The van der Waals surface area contributed by atoms with Crippen LogP contribution in [0.15, 0.2) is 110 Å². The molecule has 4 unspecified atom stereocenters. The Bertz CT molecular complexity index is 3420. The van der Waals surface area contributed by atoms with Gasteiger partial charge in [0, 0.05) is 139 Å². The van der Waals surface area contributed by atoms with E-state index in [0.717, 1.165) is 213 Å². The number of nitrogens with one attached hydrogen (secondary N) is 4. The van der Waals surface area contributed by atoms with Crippen LogP contribution in [-0.2, 0) is 19.1 Å². The van der Waals surface area contributed by atoms with Crippen molar-refractivity contribution in [2.75, 3.05) is 69.7 Å². The van der Waals surface area contributed by atoms with E-state index in [2.05, 4.69) is 96.0 Å². The summed E-state index contributed by atoms with van der Waals surface area (Å²) in [5, 5.41) is 58.2. The molecule has 0 saturated heterocycles. The Hall–Kier alpha value is -7.62. The molecule has 7 aromatic heterocycles. The Morgan fingerprint density at radius 2 is 0.739 bits per heavy atom. The normalized spacial score (nSPS) is 12.2. The van der Waals surface area contributed by atoms with Gasteiger partial charge in [0.2, 0.25) is 17.2 Å². The molecule has 32 heteroatoms. The van der Waals surface area contributed by atoms with Crippen LogP contribution in [0.1, 0.15) is 284 Å². The van der Waals surface area contributed by atoms with Crippen LogP contribution in [0.2, 0.25) is 5.28 Å². The number of halogens is 1. The minimum Gasteiger partial charge on any atom is -0.870 e. The summed E-state index contributed by atoms with van der Waals surface area (Å²) < 4.78 is 10.2. The summed E-state index contributed by atoms with van der Waals surface area (Å²) in [4.78, 5) is 85.9. The number of unbranched alkanes of at least 4 members (excludes halogenated alkanes) is 16. The molecule has 636 valence electrons. The van der Waals surface area contributed by atoms with Crippen molar-refractivity contribution in [1.29, 1.82) is 0 Å². The number of aryl methyl sites for hydroxylation is 4. The molecule has 4 atom stereocenters. The van der Waals surface area contributed by atoms with Crippen LogP contribution in [0.4, 0.5) is 11.9 Å². The first-order valence-corrected chi connectivity index (χ1v) is 40.8. The molecule has 1 aliphatic rings. The molecule has 115 heavy (non-hydrogen) atoms. The zero-order valence-corrected chi connectivity index (χ0v) is 71.9. The van der Waals surface area contributed by atoms with E-state index in [4.69, 9.17) is 31.9 Å². The SMILES string of the molecule is C.CCO.CCOC(=O)CC(CCCCCCCN)c1cnc(C)nc1.CCOC(=O)CC(CCCCCCCNc1ncccn1)c1cnc(C)nc1.Cc1ncc(C(CCCCCCCNC2=NCCCN2)CC(O)O)cn1.Cc1ncc(C(CCCCCCCNc2ncccn2)CC(O)O)cn1.Clc1ncccn1.[Na+].[OH-]. The van der Waals surface area contributed by atoms with Gasteiger partial charge in [0.25, 0.3) is 0 Å². The van der Waals surface area contributed by atoms with Crippen LogP contribution < -0.4 is 56.6 Å². The summed E-state index contributed by atoms with van der Waals surface area (Å²) in [5.74, 6) is 5.44. The number of guanidine groups is 1. The summed E-state index contributed by atoms with van der Waals surface area (Å²) in [6.07, 6.45) is 51.2. The maximum Gasteiger partial charge on any atom is 1.00 e. The molecule has 8 heterocycles.